The smallest absolute Gasteiger partial charge is 0.264 e. The van der Waals surface area contributed by atoms with Gasteiger partial charge in [0, 0.05) is 13.1 Å². The van der Waals surface area contributed by atoms with E-state index in [2.05, 4.69) is 4.98 Å². The second kappa shape index (κ2) is 7.39. The van der Waals surface area contributed by atoms with Gasteiger partial charge in [0.15, 0.2) is 0 Å². The predicted octanol–water partition coefficient (Wildman–Crippen LogP) is 3.77. The van der Waals surface area contributed by atoms with Gasteiger partial charge in [0.1, 0.15) is 10.6 Å². The number of hydrogen-bond donors (Lipinski definition) is 0. The fourth-order valence-corrected chi connectivity index (χ4v) is 5.00. The lowest BCUT2D eigenvalue weighted by Crippen LogP contribution is -2.30. The minimum atomic E-state index is -0.0755. The van der Waals surface area contributed by atoms with Crippen molar-refractivity contribution in [2.75, 3.05) is 13.7 Å². The molecular formula is C21H23N3O3S. The average Bonchev–Trinajstić information content (AvgIpc) is 3.33. The number of likely N-dealkylation sites (tertiary alicyclic amines) is 1. The lowest BCUT2D eigenvalue weighted by atomic mass is 10.0. The molecule has 1 atom stereocenters. The Morgan fingerprint density at radius 1 is 1.32 bits per heavy atom. The van der Waals surface area contributed by atoms with E-state index < -0.39 is 0 Å². The highest BCUT2D eigenvalue weighted by molar-refractivity contribution is 7.20. The van der Waals surface area contributed by atoms with Gasteiger partial charge in [-0.2, -0.15) is 0 Å². The van der Waals surface area contributed by atoms with Crippen molar-refractivity contribution >= 4 is 27.5 Å². The van der Waals surface area contributed by atoms with Crippen molar-refractivity contribution < 1.29 is 9.53 Å². The molecule has 0 bridgehead atoms. The number of thiophene rings is 1. The number of hydrogen-bond acceptors (Lipinski definition) is 5. The minimum absolute atomic E-state index is 0.0127. The summed E-state index contributed by atoms with van der Waals surface area (Å²) in [4.78, 5) is 33.6. The number of benzene rings is 1. The quantitative estimate of drug-likeness (QED) is 0.672. The van der Waals surface area contributed by atoms with Gasteiger partial charge in [0.2, 0.25) is 0 Å². The van der Waals surface area contributed by atoms with E-state index in [-0.39, 0.29) is 17.5 Å². The third-order valence-corrected chi connectivity index (χ3v) is 6.65. The largest absolute Gasteiger partial charge is 0.497 e. The Bertz CT molecular complexity index is 1080. The van der Waals surface area contributed by atoms with Crippen LogP contribution in [0, 0.1) is 6.92 Å². The van der Waals surface area contributed by atoms with Crippen LogP contribution in [0.4, 0.5) is 0 Å². The summed E-state index contributed by atoms with van der Waals surface area (Å²) in [6.45, 7) is 5.04. The number of nitrogens with zero attached hydrogens (tertiary/aromatic N) is 3. The van der Waals surface area contributed by atoms with Gasteiger partial charge in [-0.25, -0.2) is 4.98 Å². The SMILES string of the molecule is CCn1cnc2sc(C(=O)N3CCC[C@@H]3c3ccc(OC)cc3)c(C)c2c1=O. The number of aromatic nitrogens is 2. The van der Waals surface area contributed by atoms with Crippen LogP contribution in [0.5, 0.6) is 5.75 Å². The van der Waals surface area contributed by atoms with Gasteiger partial charge in [-0.15, -0.1) is 11.3 Å². The van der Waals surface area contributed by atoms with Crippen LogP contribution in [0.25, 0.3) is 10.2 Å². The summed E-state index contributed by atoms with van der Waals surface area (Å²) in [5.41, 5.74) is 1.77. The molecule has 0 saturated carbocycles. The molecule has 0 spiro atoms. The van der Waals surface area contributed by atoms with Gasteiger partial charge in [-0.3, -0.25) is 14.2 Å². The molecule has 1 aliphatic rings. The topological polar surface area (TPSA) is 64.4 Å². The number of carbonyl (C=O) groups excluding carboxylic acids is 1. The van der Waals surface area contributed by atoms with Crippen molar-refractivity contribution in [1.82, 2.24) is 14.5 Å². The van der Waals surface area contributed by atoms with Crippen LogP contribution in [0.2, 0.25) is 0 Å². The number of rotatable bonds is 4. The minimum Gasteiger partial charge on any atom is -0.497 e. The highest BCUT2D eigenvalue weighted by Gasteiger charge is 2.33. The van der Waals surface area contributed by atoms with Gasteiger partial charge in [-0.1, -0.05) is 12.1 Å². The standard InChI is InChI=1S/C21H23N3O3S/c1-4-23-12-22-19-17(20(23)25)13(2)18(28-19)21(26)24-11-5-6-16(24)14-7-9-15(27-3)10-8-14/h7-10,12,16H,4-6,11H2,1-3H3/t16-/m1/s1. The molecule has 3 aromatic rings. The van der Waals surface area contributed by atoms with E-state index in [4.69, 9.17) is 4.74 Å². The zero-order chi connectivity index (χ0) is 19.8. The molecule has 146 valence electrons. The van der Waals surface area contributed by atoms with Crippen molar-refractivity contribution in [2.24, 2.45) is 0 Å². The Balaban J connectivity index is 1.71. The highest BCUT2D eigenvalue weighted by Crippen LogP contribution is 2.36. The number of amides is 1. The first kappa shape index (κ1) is 18.7. The average molecular weight is 398 g/mol. The summed E-state index contributed by atoms with van der Waals surface area (Å²) in [5, 5.41) is 0.567. The summed E-state index contributed by atoms with van der Waals surface area (Å²) < 4.78 is 6.81. The van der Waals surface area contributed by atoms with Crippen LogP contribution in [0.1, 0.15) is 46.6 Å². The zero-order valence-corrected chi connectivity index (χ0v) is 17.1. The van der Waals surface area contributed by atoms with Gasteiger partial charge >= 0.3 is 0 Å². The molecule has 1 aliphatic heterocycles. The second-order valence-corrected chi connectivity index (χ2v) is 8.00. The summed E-state index contributed by atoms with van der Waals surface area (Å²) >= 11 is 1.32. The molecular weight excluding hydrogens is 374 g/mol. The lowest BCUT2D eigenvalue weighted by Gasteiger charge is -2.25. The zero-order valence-electron chi connectivity index (χ0n) is 16.3. The van der Waals surface area contributed by atoms with Crippen LogP contribution in [0.15, 0.2) is 35.4 Å². The maximum Gasteiger partial charge on any atom is 0.264 e. The van der Waals surface area contributed by atoms with E-state index in [0.29, 0.717) is 21.6 Å². The van der Waals surface area contributed by atoms with E-state index >= 15 is 0 Å². The van der Waals surface area contributed by atoms with Crippen molar-refractivity contribution in [2.45, 2.75) is 39.3 Å². The molecule has 1 amide bonds. The van der Waals surface area contributed by atoms with E-state index in [0.717, 1.165) is 36.3 Å². The van der Waals surface area contributed by atoms with E-state index in [1.54, 1.807) is 18.0 Å². The van der Waals surface area contributed by atoms with Gasteiger partial charge in [0.25, 0.3) is 11.5 Å². The van der Waals surface area contributed by atoms with Crippen LogP contribution in [0.3, 0.4) is 0 Å². The van der Waals surface area contributed by atoms with E-state index in [9.17, 15) is 9.59 Å². The van der Waals surface area contributed by atoms with Crippen molar-refractivity contribution in [1.29, 1.82) is 0 Å². The first-order valence-corrected chi connectivity index (χ1v) is 10.3. The first-order valence-electron chi connectivity index (χ1n) is 9.48. The fraction of sp³-hybridized carbons (Fsp3) is 0.381. The normalized spacial score (nSPS) is 16.7. The van der Waals surface area contributed by atoms with Crippen molar-refractivity contribution in [3.8, 4) is 5.75 Å². The lowest BCUT2D eigenvalue weighted by molar-refractivity contribution is 0.0740. The van der Waals surface area contributed by atoms with Crippen LogP contribution in [-0.4, -0.2) is 34.0 Å². The fourth-order valence-electron chi connectivity index (χ4n) is 3.90. The Kier molecular flexibility index (Phi) is 4.93. The number of methoxy groups -OCH3 is 1. The number of ether oxygens (including phenoxy) is 1. The molecule has 0 N–H and O–H groups in total. The number of fused-ring (bicyclic) bond motifs is 1. The van der Waals surface area contributed by atoms with Gasteiger partial charge in [0.05, 0.1) is 29.7 Å². The molecule has 0 aliphatic carbocycles. The molecule has 28 heavy (non-hydrogen) atoms. The van der Waals surface area contributed by atoms with Crippen molar-refractivity contribution in [3.63, 3.8) is 0 Å². The number of carbonyl (C=O) groups is 1. The maximum absolute atomic E-state index is 13.4. The monoisotopic (exact) mass is 397 g/mol. The molecule has 6 nitrogen and oxygen atoms in total. The Morgan fingerprint density at radius 2 is 2.07 bits per heavy atom. The van der Waals surface area contributed by atoms with Crippen LogP contribution >= 0.6 is 11.3 Å². The Labute approximate surface area is 167 Å². The first-order chi connectivity index (χ1) is 13.5. The second-order valence-electron chi connectivity index (χ2n) is 7.00. The predicted molar refractivity (Wildman–Crippen MR) is 110 cm³/mol. The van der Waals surface area contributed by atoms with E-state index in [1.807, 2.05) is 43.0 Å². The molecule has 0 unspecified atom stereocenters. The third-order valence-electron chi connectivity index (χ3n) is 5.47. The molecule has 3 heterocycles. The molecule has 1 aromatic carbocycles. The molecule has 0 radical (unpaired) electrons. The summed E-state index contributed by atoms with van der Waals surface area (Å²) in [6.07, 6.45) is 3.46. The third kappa shape index (κ3) is 2.99. The maximum atomic E-state index is 13.4. The molecule has 2 aromatic heterocycles. The van der Waals surface area contributed by atoms with Crippen LogP contribution < -0.4 is 10.3 Å². The van der Waals surface area contributed by atoms with Gasteiger partial charge < -0.3 is 9.64 Å². The molecule has 4 rings (SSSR count). The number of aryl methyl sites for hydroxylation is 2. The summed E-state index contributed by atoms with van der Waals surface area (Å²) in [7, 11) is 1.64. The molecule has 7 heteroatoms. The Hall–Kier alpha value is -2.67. The van der Waals surface area contributed by atoms with E-state index in [1.165, 1.54) is 11.3 Å². The Morgan fingerprint density at radius 3 is 2.75 bits per heavy atom. The summed E-state index contributed by atoms with van der Waals surface area (Å²) in [5.74, 6) is 0.791. The van der Waals surface area contributed by atoms with Crippen molar-refractivity contribution in [3.05, 3.63) is 57.0 Å². The van der Waals surface area contributed by atoms with Crippen LogP contribution in [-0.2, 0) is 6.54 Å². The molecule has 1 fully saturated rings. The summed E-state index contributed by atoms with van der Waals surface area (Å²) in [6, 6.07) is 7.95. The molecule has 1 saturated heterocycles. The van der Waals surface area contributed by atoms with Gasteiger partial charge in [-0.05, 0) is 49.9 Å². The highest BCUT2D eigenvalue weighted by atomic mass is 32.1.